The average Bonchev–Trinajstić information content (AvgIpc) is 3.35. The number of thiophene rings is 1. The van der Waals surface area contributed by atoms with E-state index >= 15 is 0 Å². The number of esters is 1. The number of carbonyl (C=O) groups is 1. The molecular formula is C18H16N2O4S. The third-order valence-corrected chi connectivity index (χ3v) is 5.30. The molecule has 2 aromatic heterocycles. The molecule has 25 heavy (non-hydrogen) atoms. The molecule has 0 N–H and O–H groups in total. The first-order valence-corrected chi connectivity index (χ1v) is 8.80. The van der Waals surface area contributed by atoms with Crippen LogP contribution in [0.25, 0.3) is 11.5 Å². The van der Waals surface area contributed by atoms with Gasteiger partial charge in [-0.25, -0.2) is 4.79 Å². The second-order valence-electron chi connectivity index (χ2n) is 5.72. The van der Waals surface area contributed by atoms with Crippen LogP contribution in [0.1, 0.15) is 32.4 Å². The molecule has 0 spiro atoms. The molecule has 1 aliphatic rings. The van der Waals surface area contributed by atoms with Crippen molar-refractivity contribution in [2.75, 3.05) is 7.11 Å². The molecule has 0 saturated carbocycles. The Morgan fingerprint density at radius 1 is 1.24 bits per heavy atom. The van der Waals surface area contributed by atoms with E-state index in [0.29, 0.717) is 10.8 Å². The monoisotopic (exact) mass is 356 g/mol. The molecule has 3 aromatic rings. The van der Waals surface area contributed by atoms with E-state index in [1.807, 2.05) is 30.3 Å². The maximum Gasteiger partial charge on any atom is 0.348 e. The highest BCUT2D eigenvalue weighted by Gasteiger charge is 2.20. The smallest absolute Gasteiger partial charge is 0.348 e. The third-order valence-electron chi connectivity index (χ3n) is 4.08. The molecule has 0 aliphatic heterocycles. The molecule has 4 rings (SSSR count). The molecular weight excluding hydrogens is 340 g/mol. The van der Waals surface area contributed by atoms with Gasteiger partial charge in [-0.1, -0.05) is 0 Å². The Morgan fingerprint density at radius 3 is 2.84 bits per heavy atom. The van der Waals surface area contributed by atoms with E-state index in [2.05, 4.69) is 10.2 Å². The van der Waals surface area contributed by atoms with E-state index in [9.17, 15) is 4.79 Å². The summed E-state index contributed by atoms with van der Waals surface area (Å²) in [7, 11) is 1.61. The number of rotatable bonds is 5. The fraction of sp³-hybridized carbons (Fsp3) is 0.278. The summed E-state index contributed by atoms with van der Waals surface area (Å²) in [4.78, 5) is 14.1. The van der Waals surface area contributed by atoms with Gasteiger partial charge < -0.3 is 13.9 Å². The van der Waals surface area contributed by atoms with Crippen molar-refractivity contribution in [1.82, 2.24) is 10.2 Å². The van der Waals surface area contributed by atoms with Gasteiger partial charge in [-0.05, 0) is 55.2 Å². The van der Waals surface area contributed by atoms with Gasteiger partial charge in [0.15, 0.2) is 6.61 Å². The van der Waals surface area contributed by atoms with Crippen molar-refractivity contribution in [2.24, 2.45) is 0 Å². The van der Waals surface area contributed by atoms with Gasteiger partial charge in [-0.3, -0.25) is 0 Å². The zero-order chi connectivity index (χ0) is 17.2. The van der Waals surface area contributed by atoms with Crippen LogP contribution in [0.4, 0.5) is 0 Å². The Kier molecular flexibility index (Phi) is 4.23. The normalized spacial score (nSPS) is 12.8. The van der Waals surface area contributed by atoms with Crippen molar-refractivity contribution >= 4 is 17.3 Å². The van der Waals surface area contributed by atoms with E-state index in [1.165, 1.54) is 28.2 Å². The first-order valence-electron chi connectivity index (χ1n) is 7.98. The van der Waals surface area contributed by atoms with Crippen LogP contribution in [0.15, 0.2) is 34.7 Å². The van der Waals surface area contributed by atoms with Crippen LogP contribution in [-0.2, 0) is 24.2 Å². The minimum atomic E-state index is -0.344. The summed E-state index contributed by atoms with van der Waals surface area (Å²) >= 11 is 1.52. The first-order chi connectivity index (χ1) is 12.2. The number of aromatic nitrogens is 2. The van der Waals surface area contributed by atoms with Gasteiger partial charge in [0, 0.05) is 10.4 Å². The first kappa shape index (κ1) is 15.8. The molecule has 0 amide bonds. The molecule has 0 atom stereocenters. The van der Waals surface area contributed by atoms with E-state index in [1.54, 1.807) is 7.11 Å². The summed E-state index contributed by atoms with van der Waals surface area (Å²) in [6.07, 6.45) is 3.28. The van der Waals surface area contributed by atoms with E-state index in [0.717, 1.165) is 24.2 Å². The Bertz CT molecular complexity index is 877. The van der Waals surface area contributed by atoms with Crippen molar-refractivity contribution in [1.29, 1.82) is 0 Å². The number of methoxy groups -OCH3 is 1. The number of nitrogens with zero attached hydrogens (tertiary/aromatic N) is 2. The summed E-state index contributed by atoms with van der Waals surface area (Å²) in [5, 5.41) is 7.92. The molecule has 0 fully saturated rings. The zero-order valence-corrected chi connectivity index (χ0v) is 14.5. The van der Waals surface area contributed by atoms with Gasteiger partial charge in [-0.15, -0.1) is 21.5 Å². The van der Waals surface area contributed by atoms with Crippen LogP contribution in [0.3, 0.4) is 0 Å². The van der Waals surface area contributed by atoms with E-state index in [-0.39, 0.29) is 18.5 Å². The highest BCUT2D eigenvalue weighted by molar-refractivity contribution is 7.14. The standard InChI is InChI=1S/C18H16N2O4S/c1-22-13-7-5-11(6-8-13)17-20-19-16(24-17)10-23-18(21)15-9-12-3-2-4-14(12)25-15/h5-9H,2-4,10H2,1H3. The zero-order valence-electron chi connectivity index (χ0n) is 13.7. The topological polar surface area (TPSA) is 74.5 Å². The summed E-state index contributed by atoms with van der Waals surface area (Å²) in [6, 6.07) is 9.22. The fourth-order valence-corrected chi connectivity index (χ4v) is 3.94. The number of hydrogen-bond donors (Lipinski definition) is 0. The SMILES string of the molecule is COc1ccc(-c2nnc(COC(=O)c3cc4c(s3)CCC4)o2)cc1. The molecule has 1 aliphatic carbocycles. The third kappa shape index (κ3) is 3.28. The predicted molar refractivity (Wildman–Crippen MR) is 91.7 cm³/mol. The van der Waals surface area contributed by atoms with Gasteiger partial charge >= 0.3 is 5.97 Å². The summed E-state index contributed by atoms with van der Waals surface area (Å²) in [5.41, 5.74) is 2.05. The second-order valence-corrected chi connectivity index (χ2v) is 6.85. The molecule has 7 heteroatoms. The molecule has 0 unspecified atom stereocenters. The maximum atomic E-state index is 12.2. The lowest BCUT2D eigenvalue weighted by molar-refractivity contribution is 0.0444. The number of benzene rings is 1. The van der Waals surface area contributed by atoms with Crippen LogP contribution in [-0.4, -0.2) is 23.3 Å². The predicted octanol–water partition coefficient (Wildman–Crippen LogP) is 3.65. The minimum Gasteiger partial charge on any atom is -0.497 e. The number of ether oxygens (including phenoxy) is 2. The average molecular weight is 356 g/mol. The van der Waals surface area contributed by atoms with Crippen LogP contribution in [0, 0.1) is 0 Å². The van der Waals surface area contributed by atoms with Crippen molar-refractivity contribution in [3.8, 4) is 17.2 Å². The lowest BCUT2D eigenvalue weighted by Crippen LogP contribution is -2.03. The number of fused-ring (bicyclic) bond motifs is 1. The number of aryl methyl sites for hydroxylation is 2. The van der Waals surface area contributed by atoms with Crippen LogP contribution in [0.5, 0.6) is 5.75 Å². The minimum absolute atomic E-state index is 0.0371. The highest BCUT2D eigenvalue weighted by Crippen LogP contribution is 2.31. The van der Waals surface area contributed by atoms with Crippen molar-refractivity contribution < 1.29 is 18.7 Å². The van der Waals surface area contributed by atoms with Crippen molar-refractivity contribution in [3.63, 3.8) is 0 Å². The second kappa shape index (κ2) is 6.68. The maximum absolute atomic E-state index is 12.2. The largest absolute Gasteiger partial charge is 0.497 e. The molecule has 1 aromatic carbocycles. The van der Waals surface area contributed by atoms with E-state index < -0.39 is 0 Å². The summed E-state index contributed by atoms with van der Waals surface area (Å²) in [5.74, 6) is 1.05. The van der Waals surface area contributed by atoms with Crippen LogP contribution < -0.4 is 4.74 Å². The summed E-state index contributed by atoms with van der Waals surface area (Å²) < 4.78 is 16.0. The van der Waals surface area contributed by atoms with Gasteiger partial charge in [0.2, 0.25) is 5.89 Å². The van der Waals surface area contributed by atoms with Crippen molar-refractivity contribution in [3.05, 3.63) is 51.5 Å². The Hall–Kier alpha value is -2.67. The van der Waals surface area contributed by atoms with Crippen LogP contribution >= 0.6 is 11.3 Å². The lowest BCUT2D eigenvalue weighted by Gasteiger charge is -2.00. The highest BCUT2D eigenvalue weighted by atomic mass is 32.1. The van der Waals surface area contributed by atoms with Gasteiger partial charge in [0.05, 0.1) is 7.11 Å². The molecule has 0 saturated heterocycles. The number of hydrogen-bond acceptors (Lipinski definition) is 7. The Labute approximate surface area is 148 Å². The molecule has 6 nitrogen and oxygen atoms in total. The fourth-order valence-electron chi connectivity index (χ4n) is 2.79. The number of carbonyl (C=O) groups excluding carboxylic acids is 1. The van der Waals surface area contributed by atoms with Gasteiger partial charge in [0.1, 0.15) is 10.6 Å². The molecule has 128 valence electrons. The molecule has 0 bridgehead atoms. The van der Waals surface area contributed by atoms with E-state index in [4.69, 9.17) is 13.9 Å². The quantitative estimate of drug-likeness (QED) is 0.650. The van der Waals surface area contributed by atoms with Gasteiger partial charge in [-0.2, -0.15) is 0 Å². The van der Waals surface area contributed by atoms with Crippen molar-refractivity contribution in [2.45, 2.75) is 25.9 Å². The molecule has 2 heterocycles. The molecule has 0 radical (unpaired) electrons. The van der Waals surface area contributed by atoms with Crippen LogP contribution in [0.2, 0.25) is 0 Å². The van der Waals surface area contributed by atoms with Gasteiger partial charge in [0.25, 0.3) is 5.89 Å². The summed E-state index contributed by atoms with van der Waals surface area (Å²) in [6.45, 7) is -0.0371. The lowest BCUT2D eigenvalue weighted by atomic mass is 10.2. The Balaban J connectivity index is 1.39. The Morgan fingerprint density at radius 2 is 2.08 bits per heavy atom.